The molecule has 1 aromatic carbocycles. The van der Waals surface area contributed by atoms with Gasteiger partial charge in [0.25, 0.3) is 5.91 Å². The Morgan fingerprint density at radius 3 is 2.17 bits per heavy atom. The summed E-state index contributed by atoms with van der Waals surface area (Å²) in [6.07, 6.45) is 4.34. The second-order valence-electron chi connectivity index (χ2n) is 4.52. The summed E-state index contributed by atoms with van der Waals surface area (Å²) in [5, 5.41) is 0. The molecule has 0 aliphatic heterocycles. The second kappa shape index (κ2) is 8.20. The van der Waals surface area contributed by atoms with Crippen LogP contribution in [-0.4, -0.2) is 23.9 Å². The van der Waals surface area contributed by atoms with E-state index in [-0.39, 0.29) is 5.91 Å². The lowest BCUT2D eigenvalue weighted by Crippen LogP contribution is -2.33. The monoisotopic (exact) mass is 265 g/mol. The van der Waals surface area contributed by atoms with Gasteiger partial charge in [0.2, 0.25) is 0 Å². The van der Waals surface area contributed by atoms with Crippen LogP contribution in [0.4, 0.5) is 0 Å². The largest absolute Gasteiger partial charge is 0.339 e. The molecule has 2 nitrogen and oxygen atoms in total. The number of thiol groups is 1. The molecular formula is C15H23NOS. The summed E-state index contributed by atoms with van der Waals surface area (Å²) in [5.74, 6) is 0.113. The van der Waals surface area contributed by atoms with Gasteiger partial charge < -0.3 is 4.90 Å². The Labute approximate surface area is 116 Å². The van der Waals surface area contributed by atoms with E-state index in [1.807, 2.05) is 29.2 Å². The van der Waals surface area contributed by atoms with Crippen molar-refractivity contribution in [2.75, 3.05) is 13.1 Å². The Morgan fingerprint density at radius 2 is 1.67 bits per heavy atom. The lowest BCUT2D eigenvalue weighted by Gasteiger charge is -2.23. The minimum Gasteiger partial charge on any atom is -0.339 e. The van der Waals surface area contributed by atoms with Crippen molar-refractivity contribution in [1.82, 2.24) is 4.90 Å². The molecule has 0 fully saturated rings. The standard InChI is InChI=1S/C15H23NOS/c1-3-5-11-16(12-6-4-2)15(17)13-9-7-8-10-14(13)18/h7-10,18H,3-6,11-12H2,1-2H3. The molecule has 0 radical (unpaired) electrons. The number of hydrogen-bond acceptors (Lipinski definition) is 2. The summed E-state index contributed by atoms with van der Waals surface area (Å²) in [4.78, 5) is 15.2. The quantitative estimate of drug-likeness (QED) is 0.738. The maximum Gasteiger partial charge on any atom is 0.254 e. The van der Waals surface area contributed by atoms with Crippen LogP contribution in [0.25, 0.3) is 0 Å². The van der Waals surface area contributed by atoms with E-state index in [9.17, 15) is 4.79 Å². The molecule has 0 spiro atoms. The first-order valence-electron chi connectivity index (χ1n) is 6.78. The topological polar surface area (TPSA) is 20.3 Å². The van der Waals surface area contributed by atoms with Gasteiger partial charge >= 0.3 is 0 Å². The predicted molar refractivity (Wildman–Crippen MR) is 79.4 cm³/mol. The lowest BCUT2D eigenvalue weighted by molar-refractivity contribution is 0.0747. The zero-order valence-electron chi connectivity index (χ0n) is 11.4. The normalized spacial score (nSPS) is 10.4. The number of carbonyl (C=O) groups is 1. The molecule has 0 unspecified atom stereocenters. The van der Waals surface area contributed by atoms with Gasteiger partial charge in [-0.2, -0.15) is 0 Å². The van der Waals surface area contributed by atoms with Crippen molar-refractivity contribution < 1.29 is 4.79 Å². The lowest BCUT2D eigenvalue weighted by atomic mass is 10.1. The number of carbonyl (C=O) groups excluding carboxylic acids is 1. The molecule has 1 rings (SSSR count). The van der Waals surface area contributed by atoms with Gasteiger partial charge in [0, 0.05) is 18.0 Å². The van der Waals surface area contributed by atoms with Crippen molar-refractivity contribution in [3.05, 3.63) is 29.8 Å². The summed E-state index contributed by atoms with van der Waals surface area (Å²) in [5.41, 5.74) is 0.716. The number of rotatable bonds is 7. The summed E-state index contributed by atoms with van der Waals surface area (Å²) in [7, 11) is 0. The Balaban J connectivity index is 2.77. The highest BCUT2D eigenvalue weighted by Gasteiger charge is 2.16. The molecule has 3 heteroatoms. The van der Waals surface area contributed by atoms with E-state index in [1.165, 1.54) is 0 Å². The molecule has 0 bridgehead atoms. The van der Waals surface area contributed by atoms with Gasteiger partial charge in [-0.15, -0.1) is 12.6 Å². The molecule has 1 amide bonds. The smallest absolute Gasteiger partial charge is 0.254 e. The third-order valence-corrected chi connectivity index (χ3v) is 3.37. The van der Waals surface area contributed by atoms with Crippen molar-refractivity contribution in [3.63, 3.8) is 0 Å². The zero-order chi connectivity index (χ0) is 13.4. The SMILES string of the molecule is CCCCN(CCCC)C(=O)c1ccccc1S. The van der Waals surface area contributed by atoms with E-state index >= 15 is 0 Å². The van der Waals surface area contributed by atoms with Crippen LogP contribution in [0.1, 0.15) is 49.9 Å². The van der Waals surface area contributed by atoms with Crippen LogP contribution >= 0.6 is 12.6 Å². The molecule has 0 saturated heterocycles. The van der Waals surface area contributed by atoms with Crippen molar-refractivity contribution in [3.8, 4) is 0 Å². The van der Waals surface area contributed by atoms with E-state index in [2.05, 4.69) is 26.5 Å². The molecule has 0 aromatic heterocycles. The maximum absolute atomic E-state index is 12.5. The Kier molecular flexibility index (Phi) is 6.88. The minimum absolute atomic E-state index is 0.113. The van der Waals surface area contributed by atoms with Gasteiger partial charge in [-0.1, -0.05) is 38.8 Å². The van der Waals surface area contributed by atoms with Gasteiger partial charge in [0.15, 0.2) is 0 Å². The number of nitrogens with zero attached hydrogens (tertiary/aromatic N) is 1. The minimum atomic E-state index is 0.113. The van der Waals surface area contributed by atoms with Crippen molar-refractivity contribution >= 4 is 18.5 Å². The molecule has 0 heterocycles. The van der Waals surface area contributed by atoms with Crippen molar-refractivity contribution in [1.29, 1.82) is 0 Å². The van der Waals surface area contributed by atoms with Crippen molar-refractivity contribution in [2.45, 2.75) is 44.4 Å². The summed E-state index contributed by atoms with van der Waals surface area (Å²) in [6, 6.07) is 7.52. The van der Waals surface area contributed by atoms with E-state index < -0.39 is 0 Å². The fourth-order valence-electron chi connectivity index (χ4n) is 1.84. The average Bonchev–Trinajstić information content (AvgIpc) is 2.39. The molecule has 18 heavy (non-hydrogen) atoms. The summed E-state index contributed by atoms with van der Waals surface area (Å²) >= 11 is 4.37. The van der Waals surface area contributed by atoms with Crippen LogP contribution in [0.15, 0.2) is 29.2 Å². The van der Waals surface area contributed by atoms with Gasteiger partial charge in [-0.25, -0.2) is 0 Å². The first kappa shape index (κ1) is 15.1. The number of hydrogen-bond donors (Lipinski definition) is 1. The van der Waals surface area contributed by atoms with Crippen LogP contribution in [0.5, 0.6) is 0 Å². The van der Waals surface area contributed by atoms with Gasteiger partial charge in [0.1, 0.15) is 0 Å². The Hall–Kier alpha value is -0.960. The molecule has 0 N–H and O–H groups in total. The van der Waals surface area contributed by atoms with Crippen LogP contribution < -0.4 is 0 Å². The predicted octanol–water partition coefficient (Wildman–Crippen LogP) is 4.02. The highest BCUT2D eigenvalue weighted by atomic mass is 32.1. The van der Waals surface area contributed by atoms with Gasteiger partial charge in [0.05, 0.1) is 5.56 Å². The van der Waals surface area contributed by atoms with Gasteiger partial charge in [-0.05, 0) is 25.0 Å². The van der Waals surface area contributed by atoms with Gasteiger partial charge in [-0.3, -0.25) is 4.79 Å². The third kappa shape index (κ3) is 4.37. The van der Waals surface area contributed by atoms with E-state index in [0.29, 0.717) is 5.56 Å². The molecule has 0 atom stereocenters. The summed E-state index contributed by atoms with van der Waals surface area (Å²) < 4.78 is 0. The maximum atomic E-state index is 12.5. The molecule has 1 aromatic rings. The highest BCUT2D eigenvalue weighted by molar-refractivity contribution is 7.80. The third-order valence-electron chi connectivity index (χ3n) is 2.98. The summed E-state index contributed by atoms with van der Waals surface area (Å²) in [6.45, 7) is 5.99. The second-order valence-corrected chi connectivity index (χ2v) is 5.00. The molecular weight excluding hydrogens is 242 g/mol. The van der Waals surface area contributed by atoms with Crippen LogP contribution in [0, 0.1) is 0 Å². The zero-order valence-corrected chi connectivity index (χ0v) is 12.2. The van der Waals surface area contributed by atoms with E-state index in [4.69, 9.17) is 0 Å². The van der Waals surface area contributed by atoms with E-state index in [1.54, 1.807) is 0 Å². The molecule has 0 aliphatic rings. The number of benzene rings is 1. The first-order chi connectivity index (χ1) is 8.70. The van der Waals surface area contributed by atoms with Crippen molar-refractivity contribution in [2.24, 2.45) is 0 Å². The molecule has 100 valence electrons. The first-order valence-corrected chi connectivity index (χ1v) is 7.22. The fourth-order valence-corrected chi connectivity index (χ4v) is 2.09. The Bertz CT molecular complexity index is 371. The Morgan fingerprint density at radius 1 is 1.11 bits per heavy atom. The average molecular weight is 265 g/mol. The van der Waals surface area contributed by atoms with E-state index in [0.717, 1.165) is 43.7 Å². The number of unbranched alkanes of at least 4 members (excludes halogenated alkanes) is 2. The van der Waals surface area contributed by atoms with Crippen LogP contribution in [0.3, 0.4) is 0 Å². The van der Waals surface area contributed by atoms with Crippen LogP contribution in [0.2, 0.25) is 0 Å². The van der Waals surface area contributed by atoms with Crippen LogP contribution in [-0.2, 0) is 0 Å². The highest BCUT2D eigenvalue weighted by Crippen LogP contribution is 2.16. The molecule has 0 aliphatic carbocycles. The fraction of sp³-hybridized carbons (Fsp3) is 0.533. The molecule has 0 saturated carbocycles. The number of amides is 1.